The van der Waals surface area contributed by atoms with E-state index in [-0.39, 0.29) is 36.0 Å². The van der Waals surface area contributed by atoms with E-state index < -0.39 is 30.4 Å². The van der Waals surface area contributed by atoms with Crippen LogP contribution in [-0.4, -0.2) is 75.9 Å². The Labute approximate surface area is 265 Å². The van der Waals surface area contributed by atoms with E-state index in [0.717, 1.165) is 48.0 Å². The van der Waals surface area contributed by atoms with Crippen LogP contribution in [-0.2, 0) is 27.2 Å². The fourth-order valence-electron chi connectivity index (χ4n) is 5.53. The predicted octanol–water partition coefficient (Wildman–Crippen LogP) is 3.21. The summed E-state index contributed by atoms with van der Waals surface area (Å²) in [7, 11) is 0. The molecule has 2 aromatic carbocycles. The summed E-state index contributed by atoms with van der Waals surface area (Å²) in [5, 5.41) is 19.9. The van der Waals surface area contributed by atoms with Gasteiger partial charge in [0.1, 0.15) is 11.9 Å². The van der Waals surface area contributed by atoms with E-state index in [9.17, 15) is 19.2 Å². The highest BCUT2D eigenvalue weighted by Crippen LogP contribution is 2.21. The number of hydrogen-bond donors (Lipinski definition) is 5. The Morgan fingerprint density at radius 1 is 0.956 bits per heavy atom. The predicted molar refractivity (Wildman–Crippen MR) is 173 cm³/mol. The maximum Gasteiger partial charge on any atom is 0.243 e. The van der Waals surface area contributed by atoms with Gasteiger partial charge in [-0.15, -0.1) is 11.3 Å². The Kier molecular flexibility index (Phi) is 10.4. The van der Waals surface area contributed by atoms with Crippen LogP contribution in [0.5, 0.6) is 0 Å². The monoisotopic (exact) mass is 627 g/mol. The maximum absolute atomic E-state index is 13.4. The molecule has 0 saturated carbocycles. The lowest BCUT2D eigenvalue weighted by atomic mass is 9.98. The number of aromatic amines is 1. The fraction of sp³-hybridized carbons (Fsp3) is 0.333. The minimum atomic E-state index is -0.961. The van der Waals surface area contributed by atoms with Crippen molar-refractivity contribution in [3.63, 3.8) is 0 Å². The summed E-state index contributed by atoms with van der Waals surface area (Å²) >= 11 is 1.20. The van der Waals surface area contributed by atoms with Gasteiger partial charge in [0.2, 0.25) is 23.5 Å². The molecule has 4 aromatic rings. The molecule has 3 amide bonds. The summed E-state index contributed by atoms with van der Waals surface area (Å²) in [5.41, 5.74) is 3.25. The summed E-state index contributed by atoms with van der Waals surface area (Å²) in [6, 6.07) is 13.2. The Balaban J connectivity index is 1.27. The number of para-hydroxylation sites is 1. The van der Waals surface area contributed by atoms with Crippen LogP contribution in [0.15, 0.2) is 66.3 Å². The zero-order valence-electron chi connectivity index (χ0n) is 25.1. The van der Waals surface area contributed by atoms with Gasteiger partial charge < -0.3 is 25.8 Å². The Morgan fingerprint density at radius 2 is 1.67 bits per heavy atom. The quantitative estimate of drug-likeness (QED) is 0.0870. The molecule has 1 aliphatic heterocycles. The number of nitrogens with one attached hydrogen (secondary N) is 5. The number of benzene rings is 2. The number of carbonyl (C=O) groups is 4. The summed E-state index contributed by atoms with van der Waals surface area (Å²) in [4.78, 5) is 61.6. The molecule has 2 unspecified atom stereocenters. The number of hydrogen-bond acceptors (Lipinski definition) is 7. The Hall–Kier alpha value is -4.84. The molecule has 234 valence electrons. The molecular weight excluding hydrogens is 590 g/mol. The number of aromatic nitrogens is 2. The van der Waals surface area contributed by atoms with E-state index >= 15 is 0 Å². The molecule has 11 nitrogen and oxygen atoms in total. The lowest BCUT2D eigenvalue weighted by molar-refractivity contribution is -0.130. The van der Waals surface area contributed by atoms with Crippen LogP contribution >= 0.6 is 11.3 Å². The van der Waals surface area contributed by atoms with E-state index in [1.165, 1.54) is 17.5 Å². The van der Waals surface area contributed by atoms with Gasteiger partial charge in [-0.3, -0.25) is 24.6 Å². The van der Waals surface area contributed by atoms with Gasteiger partial charge in [-0.05, 0) is 30.0 Å². The number of Topliss-reactive ketones (excluding diaryl/α,β-unsaturated/α-hetero) is 1. The normalized spacial score (nSPS) is 14.1. The lowest BCUT2D eigenvalue weighted by Crippen LogP contribution is -2.51. The highest BCUT2D eigenvalue weighted by atomic mass is 32.1. The molecule has 5 N–H and O–H groups in total. The first-order chi connectivity index (χ1) is 21.8. The van der Waals surface area contributed by atoms with Crippen molar-refractivity contribution in [2.45, 2.75) is 51.1 Å². The first kappa shape index (κ1) is 31.6. The van der Waals surface area contributed by atoms with Gasteiger partial charge in [0.25, 0.3) is 0 Å². The average molecular weight is 628 g/mol. The largest absolute Gasteiger partial charge is 0.361 e. The number of thiazole rings is 1. The third-order valence-electron chi connectivity index (χ3n) is 7.91. The number of ketones is 1. The van der Waals surface area contributed by atoms with Crippen molar-refractivity contribution in [3.8, 4) is 0 Å². The maximum atomic E-state index is 13.4. The van der Waals surface area contributed by atoms with Crippen molar-refractivity contribution in [2.24, 2.45) is 0 Å². The Morgan fingerprint density at radius 3 is 2.42 bits per heavy atom. The fourth-order valence-corrected chi connectivity index (χ4v) is 6.16. The number of carbonyl (C=O) groups excluding carboxylic acids is 4. The van der Waals surface area contributed by atoms with Gasteiger partial charge in [0, 0.05) is 66.6 Å². The Bertz CT molecular complexity index is 1680. The number of rotatable bonds is 13. The molecule has 1 aliphatic rings. The summed E-state index contributed by atoms with van der Waals surface area (Å²) in [5.74, 6) is -1.31. The van der Waals surface area contributed by atoms with Gasteiger partial charge in [-0.2, -0.15) is 0 Å². The highest BCUT2D eigenvalue weighted by Gasteiger charge is 2.28. The van der Waals surface area contributed by atoms with Crippen LogP contribution in [0.2, 0.25) is 0 Å². The van der Waals surface area contributed by atoms with Crippen molar-refractivity contribution in [1.29, 1.82) is 5.41 Å². The smallest absolute Gasteiger partial charge is 0.243 e. The van der Waals surface area contributed by atoms with Crippen molar-refractivity contribution in [2.75, 3.05) is 19.6 Å². The van der Waals surface area contributed by atoms with Gasteiger partial charge in [-0.1, -0.05) is 49.4 Å². The topological polar surface area (TPSA) is 160 Å². The molecule has 5 rings (SSSR count). The summed E-state index contributed by atoms with van der Waals surface area (Å²) < 4.78 is 0. The standard InChI is InChI=1S/C33H37N7O4S/c1-2-28(41)39-27(17-21-9-3-4-11-24(21)31(34)40-14-7-8-15-40)32(44)37-20-29(42)38-26(30(43)33-35-13-16-45-33)18-22-19-36-25-12-6-5-10-23(22)25/h3-6,9-13,16,19,26-27,34,36H,2,7-8,14-15,17-18,20H2,1H3,(H,37,44)(H,38,42)(H,39,41). The van der Waals surface area contributed by atoms with Crippen molar-refractivity contribution in [3.05, 3.63) is 88.0 Å². The van der Waals surface area contributed by atoms with E-state index in [0.29, 0.717) is 11.4 Å². The number of H-pyrrole nitrogens is 1. The number of amides is 3. The molecule has 45 heavy (non-hydrogen) atoms. The number of amidine groups is 1. The number of fused-ring (bicyclic) bond motifs is 1. The third kappa shape index (κ3) is 7.82. The lowest BCUT2D eigenvalue weighted by Gasteiger charge is -2.23. The summed E-state index contributed by atoms with van der Waals surface area (Å²) in [6.45, 7) is 2.93. The molecule has 3 heterocycles. The number of likely N-dealkylation sites (tertiary alicyclic amines) is 1. The third-order valence-corrected chi connectivity index (χ3v) is 8.70. The molecule has 0 spiro atoms. The van der Waals surface area contributed by atoms with E-state index in [1.54, 1.807) is 12.3 Å². The van der Waals surface area contributed by atoms with Crippen molar-refractivity contribution in [1.82, 2.24) is 30.8 Å². The van der Waals surface area contributed by atoms with Crippen LogP contribution in [0.4, 0.5) is 0 Å². The second kappa shape index (κ2) is 14.8. The zero-order chi connectivity index (χ0) is 31.8. The molecule has 12 heteroatoms. The minimum absolute atomic E-state index is 0.150. The highest BCUT2D eigenvalue weighted by molar-refractivity contribution is 7.11. The van der Waals surface area contributed by atoms with E-state index in [1.807, 2.05) is 59.6 Å². The van der Waals surface area contributed by atoms with Crippen LogP contribution in [0.25, 0.3) is 10.9 Å². The molecule has 2 aromatic heterocycles. The van der Waals surface area contributed by atoms with E-state index in [4.69, 9.17) is 5.41 Å². The molecular formula is C33H37N7O4S. The zero-order valence-corrected chi connectivity index (χ0v) is 25.9. The molecule has 2 atom stereocenters. The van der Waals surface area contributed by atoms with Crippen LogP contribution in [0, 0.1) is 5.41 Å². The first-order valence-corrected chi connectivity index (χ1v) is 16.0. The van der Waals surface area contributed by atoms with Gasteiger partial charge in [-0.25, -0.2) is 4.98 Å². The first-order valence-electron chi connectivity index (χ1n) is 15.1. The van der Waals surface area contributed by atoms with Gasteiger partial charge in [0.05, 0.1) is 12.6 Å². The van der Waals surface area contributed by atoms with Crippen molar-refractivity contribution < 1.29 is 19.2 Å². The second-order valence-corrected chi connectivity index (χ2v) is 11.9. The molecule has 1 fully saturated rings. The van der Waals surface area contributed by atoms with E-state index in [2.05, 4.69) is 25.9 Å². The molecule has 0 radical (unpaired) electrons. The minimum Gasteiger partial charge on any atom is -0.361 e. The molecule has 1 saturated heterocycles. The van der Waals surface area contributed by atoms with Crippen LogP contribution in [0.3, 0.4) is 0 Å². The van der Waals surface area contributed by atoms with Gasteiger partial charge >= 0.3 is 0 Å². The van der Waals surface area contributed by atoms with Crippen LogP contribution < -0.4 is 16.0 Å². The van der Waals surface area contributed by atoms with Crippen LogP contribution in [0.1, 0.15) is 52.7 Å². The summed E-state index contributed by atoms with van der Waals surface area (Å²) in [6.07, 6.45) is 5.99. The van der Waals surface area contributed by atoms with Crippen molar-refractivity contribution >= 4 is 51.6 Å². The second-order valence-electron chi connectivity index (χ2n) is 11.0. The number of nitrogens with zero attached hydrogens (tertiary/aromatic N) is 2. The van der Waals surface area contributed by atoms with Gasteiger partial charge in [0.15, 0.2) is 5.01 Å². The SMILES string of the molecule is CCC(=O)NC(Cc1ccccc1C(=N)N1CCCC1)C(=O)NCC(=O)NC(Cc1c[nH]c2ccccc12)C(=O)c1nccs1. The molecule has 0 bridgehead atoms. The average Bonchev–Trinajstić information content (AvgIpc) is 3.86. The molecule has 0 aliphatic carbocycles.